The van der Waals surface area contributed by atoms with E-state index in [-0.39, 0.29) is 0 Å². The maximum absolute atomic E-state index is 3.55. The summed E-state index contributed by atoms with van der Waals surface area (Å²) < 4.78 is 0. The van der Waals surface area contributed by atoms with Crippen LogP contribution in [0.4, 0.5) is 0 Å². The van der Waals surface area contributed by atoms with E-state index in [1.165, 1.54) is 30.8 Å². The van der Waals surface area contributed by atoms with Crippen molar-refractivity contribution in [2.75, 3.05) is 18.1 Å². The third kappa shape index (κ3) is 7.69. The van der Waals surface area contributed by atoms with Crippen molar-refractivity contribution in [2.24, 2.45) is 5.92 Å². The van der Waals surface area contributed by atoms with Crippen LogP contribution in [0.3, 0.4) is 0 Å². The zero-order valence-corrected chi connectivity index (χ0v) is 11.1. The molecule has 0 rings (SSSR count). The Morgan fingerprint density at radius 2 is 1.86 bits per heavy atom. The van der Waals surface area contributed by atoms with E-state index in [1.54, 1.807) is 0 Å². The second-order valence-electron chi connectivity index (χ2n) is 4.09. The van der Waals surface area contributed by atoms with E-state index < -0.39 is 0 Å². The van der Waals surface area contributed by atoms with E-state index in [0.29, 0.717) is 0 Å². The van der Waals surface area contributed by atoms with Crippen LogP contribution in [-0.4, -0.2) is 24.1 Å². The molecule has 2 atom stereocenters. The van der Waals surface area contributed by atoms with Gasteiger partial charge in [-0.15, -0.1) is 0 Å². The van der Waals surface area contributed by atoms with Crippen LogP contribution in [0, 0.1) is 5.92 Å². The Morgan fingerprint density at radius 1 is 1.14 bits per heavy atom. The Bertz CT molecular complexity index is 111. The Balaban J connectivity index is 3.49. The molecule has 86 valence electrons. The van der Waals surface area contributed by atoms with Gasteiger partial charge in [-0.1, -0.05) is 40.5 Å². The molecule has 2 heteroatoms. The molecule has 0 amide bonds. The summed E-state index contributed by atoms with van der Waals surface area (Å²) in [6.45, 7) is 10.2. The van der Waals surface area contributed by atoms with Crippen molar-refractivity contribution in [3.63, 3.8) is 0 Å². The summed E-state index contributed by atoms with van der Waals surface area (Å²) in [5.41, 5.74) is 0. The van der Waals surface area contributed by atoms with Gasteiger partial charge in [-0.3, -0.25) is 0 Å². The van der Waals surface area contributed by atoms with Gasteiger partial charge in [-0.25, -0.2) is 0 Å². The molecule has 0 aromatic rings. The molecule has 0 aromatic heterocycles. The molecule has 0 aliphatic rings. The molecular weight excluding hydrogens is 190 g/mol. The van der Waals surface area contributed by atoms with Crippen molar-refractivity contribution < 1.29 is 0 Å². The lowest BCUT2D eigenvalue weighted by Gasteiger charge is -2.17. The second-order valence-corrected chi connectivity index (χ2v) is 5.17. The molecule has 0 bridgehead atoms. The summed E-state index contributed by atoms with van der Waals surface area (Å²) in [6, 6.07) is 0.735. The van der Waals surface area contributed by atoms with Crippen LogP contribution in [-0.2, 0) is 0 Å². The predicted molar refractivity (Wildman–Crippen MR) is 69.2 cm³/mol. The lowest BCUT2D eigenvalue weighted by molar-refractivity contribution is 0.530. The summed E-state index contributed by atoms with van der Waals surface area (Å²) in [5.74, 6) is 3.48. The molecule has 0 saturated carbocycles. The van der Waals surface area contributed by atoms with Gasteiger partial charge < -0.3 is 5.32 Å². The maximum Gasteiger partial charge on any atom is 0.0157 e. The number of hydrogen-bond acceptors (Lipinski definition) is 2. The quantitative estimate of drug-likeness (QED) is 0.634. The van der Waals surface area contributed by atoms with Crippen LogP contribution >= 0.6 is 11.8 Å². The fourth-order valence-electron chi connectivity index (χ4n) is 1.41. The zero-order valence-electron chi connectivity index (χ0n) is 10.3. The topological polar surface area (TPSA) is 12.0 Å². The standard InChI is InChI=1S/C12H27NS/c1-5-8-12(13-7-3)10-14-9-11(4)6-2/h11-13H,5-10H2,1-4H3. The fourth-order valence-corrected chi connectivity index (χ4v) is 2.75. The molecule has 1 nitrogen and oxygen atoms in total. The third-order valence-corrected chi connectivity index (χ3v) is 3.99. The van der Waals surface area contributed by atoms with Crippen LogP contribution in [0.5, 0.6) is 0 Å². The minimum Gasteiger partial charge on any atom is -0.313 e. The van der Waals surface area contributed by atoms with E-state index in [4.69, 9.17) is 0 Å². The first-order valence-corrected chi connectivity index (χ1v) is 7.21. The third-order valence-electron chi connectivity index (χ3n) is 2.55. The summed E-state index contributed by atoms with van der Waals surface area (Å²) in [7, 11) is 0. The average molecular weight is 217 g/mol. The maximum atomic E-state index is 3.55. The Labute approximate surface area is 94.4 Å². The molecule has 0 heterocycles. The van der Waals surface area contributed by atoms with Crippen LogP contribution in [0.2, 0.25) is 0 Å². The molecule has 2 unspecified atom stereocenters. The summed E-state index contributed by atoms with van der Waals surface area (Å²) in [6.07, 6.45) is 3.93. The van der Waals surface area contributed by atoms with E-state index in [0.717, 1.165) is 18.5 Å². The van der Waals surface area contributed by atoms with Crippen LogP contribution in [0.1, 0.15) is 47.0 Å². The molecule has 0 aliphatic heterocycles. The summed E-state index contributed by atoms with van der Waals surface area (Å²) in [5, 5.41) is 3.55. The van der Waals surface area contributed by atoms with Crippen molar-refractivity contribution in [1.29, 1.82) is 0 Å². The zero-order chi connectivity index (χ0) is 10.8. The van der Waals surface area contributed by atoms with Gasteiger partial charge >= 0.3 is 0 Å². The molecule has 0 aliphatic carbocycles. The lowest BCUT2D eigenvalue weighted by atomic mass is 10.2. The van der Waals surface area contributed by atoms with Crippen molar-refractivity contribution in [2.45, 2.75) is 53.0 Å². The Morgan fingerprint density at radius 3 is 2.36 bits per heavy atom. The smallest absolute Gasteiger partial charge is 0.0157 e. The highest BCUT2D eigenvalue weighted by Crippen LogP contribution is 2.13. The molecule has 0 aromatic carbocycles. The van der Waals surface area contributed by atoms with Gasteiger partial charge in [-0.05, 0) is 24.6 Å². The lowest BCUT2D eigenvalue weighted by Crippen LogP contribution is -2.31. The van der Waals surface area contributed by atoms with Crippen LogP contribution in [0.25, 0.3) is 0 Å². The van der Waals surface area contributed by atoms with Crippen molar-refractivity contribution in [3.8, 4) is 0 Å². The average Bonchev–Trinajstić information content (AvgIpc) is 2.18. The second kappa shape index (κ2) is 9.85. The highest BCUT2D eigenvalue weighted by atomic mass is 32.2. The predicted octanol–water partition coefficient (Wildman–Crippen LogP) is 3.54. The number of nitrogens with one attached hydrogen (secondary N) is 1. The van der Waals surface area contributed by atoms with Gasteiger partial charge in [0.15, 0.2) is 0 Å². The minimum atomic E-state index is 0.735. The van der Waals surface area contributed by atoms with Crippen molar-refractivity contribution >= 4 is 11.8 Å². The van der Waals surface area contributed by atoms with Gasteiger partial charge in [0.1, 0.15) is 0 Å². The highest BCUT2D eigenvalue weighted by Gasteiger charge is 2.06. The van der Waals surface area contributed by atoms with Crippen LogP contribution < -0.4 is 5.32 Å². The Hall–Kier alpha value is 0.310. The summed E-state index contributed by atoms with van der Waals surface area (Å²) in [4.78, 5) is 0. The number of rotatable bonds is 9. The monoisotopic (exact) mass is 217 g/mol. The van der Waals surface area contributed by atoms with E-state index in [2.05, 4.69) is 44.8 Å². The van der Waals surface area contributed by atoms with Crippen LogP contribution in [0.15, 0.2) is 0 Å². The molecule has 1 N–H and O–H groups in total. The van der Waals surface area contributed by atoms with Crippen molar-refractivity contribution in [3.05, 3.63) is 0 Å². The molecule has 0 radical (unpaired) electrons. The van der Waals surface area contributed by atoms with Gasteiger partial charge in [-0.2, -0.15) is 11.8 Å². The number of hydrogen-bond donors (Lipinski definition) is 1. The van der Waals surface area contributed by atoms with Gasteiger partial charge in [0.2, 0.25) is 0 Å². The highest BCUT2D eigenvalue weighted by molar-refractivity contribution is 7.99. The van der Waals surface area contributed by atoms with Crippen molar-refractivity contribution in [1.82, 2.24) is 5.32 Å². The van der Waals surface area contributed by atoms with Gasteiger partial charge in [0, 0.05) is 11.8 Å². The van der Waals surface area contributed by atoms with E-state index in [1.807, 2.05) is 0 Å². The van der Waals surface area contributed by atoms with E-state index in [9.17, 15) is 0 Å². The Kier molecular flexibility index (Phi) is 10.1. The first kappa shape index (κ1) is 14.3. The molecule has 0 fully saturated rings. The molecule has 0 saturated heterocycles. The molecule has 0 spiro atoms. The number of thioether (sulfide) groups is 1. The van der Waals surface area contributed by atoms with E-state index >= 15 is 0 Å². The molecule has 14 heavy (non-hydrogen) atoms. The normalized spacial score (nSPS) is 15.4. The first-order chi connectivity index (χ1) is 6.74. The fraction of sp³-hybridized carbons (Fsp3) is 1.00. The van der Waals surface area contributed by atoms with Gasteiger partial charge in [0.25, 0.3) is 0 Å². The minimum absolute atomic E-state index is 0.735. The molecular formula is C12H27NS. The largest absolute Gasteiger partial charge is 0.313 e. The van der Waals surface area contributed by atoms with Gasteiger partial charge in [0.05, 0.1) is 0 Å². The first-order valence-electron chi connectivity index (χ1n) is 6.05. The summed E-state index contributed by atoms with van der Waals surface area (Å²) >= 11 is 2.11. The SMILES string of the molecule is CCCC(CSCC(C)CC)NCC.